The van der Waals surface area contributed by atoms with Gasteiger partial charge < -0.3 is 10.1 Å². The maximum atomic E-state index is 11.8. The summed E-state index contributed by atoms with van der Waals surface area (Å²) in [7, 11) is -1.40. The molecule has 2 heterocycles. The van der Waals surface area contributed by atoms with Crippen molar-refractivity contribution in [3.05, 3.63) is 5.82 Å². The van der Waals surface area contributed by atoms with Crippen LogP contribution in [0, 0.1) is 0 Å². The topological polar surface area (TPSA) is 84.4 Å². The Hall–Kier alpha value is -0.770. The summed E-state index contributed by atoms with van der Waals surface area (Å²) >= 11 is 1.34. The lowest BCUT2D eigenvalue weighted by molar-refractivity contribution is 0.201. The third kappa shape index (κ3) is 4.60. The number of aromatic nitrogens is 2. The van der Waals surface area contributed by atoms with Gasteiger partial charge in [-0.1, -0.05) is 0 Å². The van der Waals surface area contributed by atoms with Gasteiger partial charge in [0.15, 0.2) is 0 Å². The van der Waals surface area contributed by atoms with Gasteiger partial charge in [-0.05, 0) is 19.8 Å². The SMILES string of the molecule is CCS(=O)(=O)N1CCC(Nc2nc(CCOC)ns2)CC1. The van der Waals surface area contributed by atoms with Crippen LogP contribution < -0.4 is 5.32 Å². The quantitative estimate of drug-likeness (QED) is 0.799. The Morgan fingerprint density at radius 3 is 2.76 bits per heavy atom. The summed E-state index contributed by atoms with van der Waals surface area (Å²) in [5, 5.41) is 4.15. The third-order valence-electron chi connectivity index (χ3n) is 3.54. The molecule has 1 aliphatic heterocycles. The number of nitrogens with one attached hydrogen (secondary N) is 1. The molecule has 120 valence electrons. The Labute approximate surface area is 129 Å². The van der Waals surface area contributed by atoms with Crippen LogP contribution in [0.3, 0.4) is 0 Å². The molecule has 0 amide bonds. The van der Waals surface area contributed by atoms with Crippen molar-refractivity contribution in [3.8, 4) is 0 Å². The summed E-state index contributed by atoms with van der Waals surface area (Å²) in [6, 6.07) is 0.261. The van der Waals surface area contributed by atoms with Gasteiger partial charge in [0.1, 0.15) is 5.82 Å². The minimum atomic E-state index is -3.06. The number of nitrogens with zero attached hydrogens (tertiary/aromatic N) is 3. The zero-order valence-electron chi connectivity index (χ0n) is 12.4. The lowest BCUT2D eigenvalue weighted by Gasteiger charge is -2.31. The number of anilines is 1. The molecule has 21 heavy (non-hydrogen) atoms. The zero-order valence-corrected chi connectivity index (χ0v) is 14.0. The van der Waals surface area contributed by atoms with Crippen LogP contribution in [0.1, 0.15) is 25.6 Å². The molecule has 1 aromatic heterocycles. The standard InChI is InChI=1S/C12H22N4O3S2/c1-3-21(17,18)16-7-4-10(5-8-16)13-12-14-11(15-20-12)6-9-19-2/h10H,3-9H2,1-2H3,(H,13,14,15). The molecule has 1 fully saturated rings. The molecule has 0 saturated carbocycles. The summed E-state index contributed by atoms with van der Waals surface area (Å²) in [5.74, 6) is 0.958. The Morgan fingerprint density at radius 1 is 1.43 bits per heavy atom. The average Bonchev–Trinajstić information content (AvgIpc) is 2.93. The van der Waals surface area contributed by atoms with Crippen LogP contribution >= 0.6 is 11.5 Å². The van der Waals surface area contributed by atoms with E-state index in [1.807, 2.05) is 0 Å². The maximum absolute atomic E-state index is 11.8. The number of ether oxygens (including phenoxy) is 1. The Morgan fingerprint density at radius 2 is 2.14 bits per heavy atom. The molecule has 0 radical (unpaired) electrons. The molecule has 1 saturated heterocycles. The zero-order chi connectivity index (χ0) is 15.3. The van der Waals surface area contributed by atoms with Crippen molar-refractivity contribution in [1.29, 1.82) is 0 Å². The van der Waals surface area contributed by atoms with Crippen LogP contribution in [0.15, 0.2) is 0 Å². The lowest BCUT2D eigenvalue weighted by atomic mass is 10.1. The maximum Gasteiger partial charge on any atom is 0.213 e. The molecule has 1 aliphatic rings. The van der Waals surface area contributed by atoms with Gasteiger partial charge in [0.2, 0.25) is 15.2 Å². The minimum absolute atomic E-state index is 0.171. The van der Waals surface area contributed by atoms with E-state index in [2.05, 4.69) is 14.7 Å². The average molecular weight is 334 g/mol. The number of piperidine rings is 1. The van der Waals surface area contributed by atoms with Crippen LogP contribution in [0.4, 0.5) is 5.13 Å². The first kappa shape index (κ1) is 16.6. The van der Waals surface area contributed by atoms with Gasteiger partial charge in [-0.3, -0.25) is 0 Å². The third-order valence-corrected chi connectivity index (χ3v) is 6.10. The highest BCUT2D eigenvalue weighted by atomic mass is 32.2. The number of sulfonamides is 1. The number of hydrogen-bond acceptors (Lipinski definition) is 7. The molecular weight excluding hydrogens is 312 g/mol. The molecule has 7 nitrogen and oxygen atoms in total. The van der Waals surface area contributed by atoms with Crippen molar-refractivity contribution < 1.29 is 13.2 Å². The van der Waals surface area contributed by atoms with Gasteiger partial charge in [0.05, 0.1) is 12.4 Å². The van der Waals surface area contributed by atoms with E-state index < -0.39 is 10.0 Å². The Kier molecular flexibility index (Phi) is 5.91. The van der Waals surface area contributed by atoms with E-state index in [9.17, 15) is 8.42 Å². The second-order valence-corrected chi connectivity index (χ2v) is 7.99. The smallest absolute Gasteiger partial charge is 0.213 e. The van der Waals surface area contributed by atoms with E-state index in [1.165, 1.54) is 11.5 Å². The molecule has 2 rings (SSSR count). The molecule has 0 aliphatic carbocycles. The Balaban J connectivity index is 1.82. The normalized spacial score (nSPS) is 18.0. The van der Waals surface area contributed by atoms with Crippen molar-refractivity contribution in [2.45, 2.75) is 32.2 Å². The molecule has 0 spiro atoms. The molecular formula is C12H22N4O3S2. The largest absolute Gasteiger partial charge is 0.384 e. The number of hydrogen-bond donors (Lipinski definition) is 1. The first-order valence-electron chi connectivity index (χ1n) is 7.11. The second kappa shape index (κ2) is 7.48. The van der Waals surface area contributed by atoms with Gasteiger partial charge in [0, 0.05) is 44.2 Å². The number of methoxy groups -OCH3 is 1. The van der Waals surface area contributed by atoms with E-state index in [0.717, 1.165) is 23.8 Å². The molecule has 9 heteroatoms. The highest BCUT2D eigenvalue weighted by Crippen LogP contribution is 2.20. The lowest BCUT2D eigenvalue weighted by Crippen LogP contribution is -2.42. The van der Waals surface area contributed by atoms with E-state index in [0.29, 0.717) is 26.1 Å². The fourth-order valence-electron chi connectivity index (χ4n) is 2.24. The fourth-order valence-corrected chi connectivity index (χ4v) is 4.06. The monoisotopic (exact) mass is 334 g/mol. The van der Waals surface area contributed by atoms with Crippen molar-refractivity contribution in [2.75, 3.05) is 37.9 Å². The summed E-state index contributed by atoms with van der Waals surface area (Å²) in [6.45, 7) is 3.44. The van der Waals surface area contributed by atoms with Crippen molar-refractivity contribution in [2.24, 2.45) is 0 Å². The van der Waals surface area contributed by atoms with Gasteiger partial charge in [-0.2, -0.15) is 4.37 Å². The summed E-state index contributed by atoms with van der Waals surface area (Å²) < 4.78 is 34.4. The Bertz CT molecular complexity index is 538. The van der Waals surface area contributed by atoms with Gasteiger partial charge in [-0.15, -0.1) is 0 Å². The van der Waals surface area contributed by atoms with Crippen LogP contribution in [0.5, 0.6) is 0 Å². The summed E-state index contributed by atoms with van der Waals surface area (Å²) in [5.41, 5.74) is 0. The molecule has 0 aromatic carbocycles. The first-order chi connectivity index (χ1) is 10.0. The highest BCUT2D eigenvalue weighted by molar-refractivity contribution is 7.89. The molecule has 0 bridgehead atoms. The van der Waals surface area contributed by atoms with Crippen LogP contribution in [-0.2, 0) is 21.2 Å². The van der Waals surface area contributed by atoms with E-state index in [-0.39, 0.29) is 11.8 Å². The fraction of sp³-hybridized carbons (Fsp3) is 0.833. The summed E-state index contributed by atoms with van der Waals surface area (Å²) in [4.78, 5) is 4.41. The minimum Gasteiger partial charge on any atom is -0.384 e. The number of rotatable bonds is 7. The molecule has 1 N–H and O–H groups in total. The predicted molar refractivity (Wildman–Crippen MR) is 83.2 cm³/mol. The van der Waals surface area contributed by atoms with E-state index >= 15 is 0 Å². The highest BCUT2D eigenvalue weighted by Gasteiger charge is 2.26. The van der Waals surface area contributed by atoms with Crippen LogP contribution in [0.25, 0.3) is 0 Å². The van der Waals surface area contributed by atoms with Crippen molar-refractivity contribution >= 4 is 26.7 Å². The summed E-state index contributed by atoms with van der Waals surface area (Å²) in [6.07, 6.45) is 2.31. The van der Waals surface area contributed by atoms with Gasteiger partial charge in [-0.25, -0.2) is 17.7 Å². The molecule has 0 unspecified atom stereocenters. The first-order valence-corrected chi connectivity index (χ1v) is 9.49. The molecule has 1 aromatic rings. The van der Waals surface area contributed by atoms with Gasteiger partial charge >= 0.3 is 0 Å². The van der Waals surface area contributed by atoms with Gasteiger partial charge in [0.25, 0.3) is 0 Å². The predicted octanol–water partition coefficient (Wildman–Crippen LogP) is 0.953. The van der Waals surface area contributed by atoms with E-state index in [4.69, 9.17) is 4.74 Å². The van der Waals surface area contributed by atoms with Crippen LogP contribution in [0.2, 0.25) is 0 Å². The van der Waals surface area contributed by atoms with Crippen molar-refractivity contribution in [3.63, 3.8) is 0 Å². The van der Waals surface area contributed by atoms with Crippen LogP contribution in [-0.4, -0.2) is 60.7 Å². The van der Waals surface area contributed by atoms with Crippen molar-refractivity contribution in [1.82, 2.24) is 13.7 Å². The second-order valence-electron chi connectivity index (χ2n) is 4.98. The molecule has 0 atom stereocenters. The van der Waals surface area contributed by atoms with E-state index in [1.54, 1.807) is 18.3 Å².